The van der Waals surface area contributed by atoms with E-state index in [1.54, 1.807) is 6.20 Å². The van der Waals surface area contributed by atoms with Crippen molar-refractivity contribution in [2.45, 2.75) is 33.2 Å². The van der Waals surface area contributed by atoms with Crippen LogP contribution >= 0.6 is 0 Å². The van der Waals surface area contributed by atoms with E-state index in [1.807, 2.05) is 31.7 Å². The first-order chi connectivity index (χ1) is 8.00. The molecule has 2 aromatic rings. The van der Waals surface area contributed by atoms with Crippen molar-refractivity contribution in [3.63, 3.8) is 0 Å². The van der Waals surface area contributed by atoms with Crippen molar-refractivity contribution in [2.75, 3.05) is 0 Å². The Morgan fingerprint density at radius 1 is 1.35 bits per heavy atom. The van der Waals surface area contributed by atoms with E-state index < -0.39 is 0 Å². The van der Waals surface area contributed by atoms with Crippen molar-refractivity contribution in [3.05, 3.63) is 40.9 Å². The van der Waals surface area contributed by atoms with E-state index in [4.69, 9.17) is 10.2 Å². The lowest BCUT2D eigenvalue weighted by Gasteiger charge is -2.12. The van der Waals surface area contributed by atoms with Crippen LogP contribution in [-0.4, -0.2) is 9.55 Å². The Morgan fingerprint density at radius 2 is 2.06 bits per heavy atom. The fourth-order valence-corrected chi connectivity index (χ4v) is 2.25. The summed E-state index contributed by atoms with van der Waals surface area (Å²) in [6.45, 7) is 5.99. The predicted molar refractivity (Wildman–Crippen MR) is 66.8 cm³/mol. The minimum Gasteiger partial charge on any atom is -0.466 e. The molecule has 0 radical (unpaired) electrons. The van der Waals surface area contributed by atoms with Crippen LogP contribution < -0.4 is 5.73 Å². The van der Waals surface area contributed by atoms with Crippen LogP contribution in [-0.2, 0) is 13.5 Å². The topological polar surface area (TPSA) is 57.0 Å². The number of imidazole rings is 1. The zero-order chi connectivity index (χ0) is 12.6. The summed E-state index contributed by atoms with van der Waals surface area (Å²) in [4.78, 5) is 4.30. The van der Waals surface area contributed by atoms with E-state index >= 15 is 0 Å². The summed E-state index contributed by atoms with van der Waals surface area (Å²) in [5, 5.41) is 0. The van der Waals surface area contributed by atoms with Crippen LogP contribution in [0.3, 0.4) is 0 Å². The Labute approximate surface area is 101 Å². The van der Waals surface area contributed by atoms with Gasteiger partial charge in [0.05, 0.1) is 0 Å². The van der Waals surface area contributed by atoms with Gasteiger partial charge in [-0.3, -0.25) is 0 Å². The summed E-state index contributed by atoms with van der Waals surface area (Å²) >= 11 is 0. The summed E-state index contributed by atoms with van der Waals surface area (Å²) in [6, 6.07) is -0.0615. The van der Waals surface area contributed by atoms with Gasteiger partial charge in [-0.05, 0) is 26.3 Å². The first kappa shape index (κ1) is 11.9. The fraction of sp³-hybridized carbons (Fsp3) is 0.462. The zero-order valence-electron chi connectivity index (χ0n) is 10.8. The maximum atomic E-state index is 6.26. The third kappa shape index (κ3) is 2.13. The first-order valence-electron chi connectivity index (χ1n) is 5.79. The van der Waals surface area contributed by atoms with Crippen molar-refractivity contribution in [1.29, 1.82) is 0 Å². The molecule has 0 aromatic carbocycles. The second-order valence-corrected chi connectivity index (χ2v) is 4.52. The average molecular weight is 233 g/mol. The lowest BCUT2D eigenvalue weighted by molar-refractivity contribution is 0.495. The highest BCUT2D eigenvalue weighted by atomic mass is 16.3. The molecule has 2 aromatic heterocycles. The molecule has 0 fully saturated rings. The molecule has 0 saturated carbocycles. The highest BCUT2D eigenvalue weighted by molar-refractivity contribution is 5.34. The maximum absolute atomic E-state index is 6.26. The van der Waals surface area contributed by atoms with Gasteiger partial charge in [-0.2, -0.15) is 0 Å². The van der Waals surface area contributed by atoms with Crippen molar-refractivity contribution in [3.8, 4) is 0 Å². The van der Waals surface area contributed by atoms with Gasteiger partial charge in [-0.25, -0.2) is 4.98 Å². The minimum absolute atomic E-state index is 0.0615. The molecule has 0 aliphatic heterocycles. The molecule has 1 atom stereocenters. The van der Waals surface area contributed by atoms with Crippen LogP contribution in [0.15, 0.2) is 16.8 Å². The SMILES string of the molecule is Cc1oc(C)c(C(N)Cc2nccn2C)c1C. The van der Waals surface area contributed by atoms with Gasteiger partial charge < -0.3 is 14.7 Å². The quantitative estimate of drug-likeness (QED) is 0.884. The largest absolute Gasteiger partial charge is 0.466 e. The first-order valence-corrected chi connectivity index (χ1v) is 5.79. The number of furan rings is 1. The van der Waals surface area contributed by atoms with Crippen LogP contribution in [0.25, 0.3) is 0 Å². The Kier molecular flexibility index (Phi) is 3.07. The van der Waals surface area contributed by atoms with Gasteiger partial charge >= 0.3 is 0 Å². The zero-order valence-corrected chi connectivity index (χ0v) is 10.8. The Balaban J connectivity index is 2.26. The molecule has 0 aliphatic carbocycles. The molecule has 1 unspecified atom stereocenters. The molecule has 4 nitrogen and oxygen atoms in total. The number of rotatable bonds is 3. The summed E-state index contributed by atoms with van der Waals surface area (Å²) < 4.78 is 7.61. The smallest absolute Gasteiger partial charge is 0.110 e. The summed E-state index contributed by atoms with van der Waals surface area (Å²) in [5.41, 5.74) is 8.53. The maximum Gasteiger partial charge on any atom is 0.110 e. The molecule has 2 heterocycles. The molecular formula is C13H19N3O. The molecule has 0 bridgehead atoms. The molecule has 17 heavy (non-hydrogen) atoms. The van der Waals surface area contributed by atoms with Crippen LogP contribution in [0.1, 0.15) is 34.5 Å². The van der Waals surface area contributed by atoms with E-state index in [0.717, 1.165) is 34.9 Å². The molecule has 2 N–H and O–H groups in total. The van der Waals surface area contributed by atoms with Gasteiger partial charge in [0.25, 0.3) is 0 Å². The lowest BCUT2D eigenvalue weighted by atomic mass is 10.00. The molecule has 92 valence electrons. The third-order valence-electron chi connectivity index (χ3n) is 3.31. The van der Waals surface area contributed by atoms with E-state index in [2.05, 4.69) is 11.9 Å². The molecule has 2 rings (SSSR count). The molecule has 0 saturated heterocycles. The molecule has 0 spiro atoms. The molecule has 0 aliphatic rings. The second kappa shape index (κ2) is 4.37. The third-order valence-corrected chi connectivity index (χ3v) is 3.31. The summed E-state index contributed by atoms with van der Waals surface area (Å²) in [7, 11) is 1.98. The van der Waals surface area contributed by atoms with E-state index in [9.17, 15) is 0 Å². The molecular weight excluding hydrogens is 214 g/mol. The van der Waals surface area contributed by atoms with Crippen LogP contribution in [0.5, 0.6) is 0 Å². The van der Waals surface area contributed by atoms with Crippen LogP contribution in [0, 0.1) is 20.8 Å². The normalized spacial score (nSPS) is 13.0. The van der Waals surface area contributed by atoms with Gasteiger partial charge in [0.1, 0.15) is 17.3 Å². The number of aromatic nitrogens is 2. The minimum atomic E-state index is -0.0615. The van der Waals surface area contributed by atoms with Gasteiger partial charge in [-0.15, -0.1) is 0 Å². The number of hydrogen-bond donors (Lipinski definition) is 1. The predicted octanol–water partition coefficient (Wildman–Crippen LogP) is 2.18. The summed E-state index contributed by atoms with van der Waals surface area (Å²) in [6.07, 6.45) is 4.45. The number of hydrogen-bond acceptors (Lipinski definition) is 3. The number of aryl methyl sites for hydroxylation is 3. The van der Waals surface area contributed by atoms with E-state index in [-0.39, 0.29) is 6.04 Å². The van der Waals surface area contributed by atoms with Crippen LogP contribution in [0.2, 0.25) is 0 Å². The van der Waals surface area contributed by atoms with Crippen molar-refractivity contribution in [2.24, 2.45) is 12.8 Å². The fourth-order valence-electron chi connectivity index (χ4n) is 2.25. The van der Waals surface area contributed by atoms with Crippen molar-refractivity contribution in [1.82, 2.24) is 9.55 Å². The lowest BCUT2D eigenvalue weighted by Crippen LogP contribution is -2.17. The standard InChI is InChI=1S/C13H19N3O/c1-8-9(2)17-10(3)13(8)11(14)7-12-15-5-6-16(12)4/h5-6,11H,7,14H2,1-4H3. The monoisotopic (exact) mass is 233 g/mol. The van der Waals surface area contributed by atoms with Crippen molar-refractivity contribution < 1.29 is 4.42 Å². The summed E-state index contributed by atoms with van der Waals surface area (Å²) in [5.74, 6) is 2.87. The highest BCUT2D eigenvalue weighted by Crippen LogP contribution is 2.27. The van der Waals surface area contributed by atoms with Gasteiger partial charge in [-0.1, -0.05) is 0 Å². The Bertz CT molecular complexity index is 525. The van der Waals surface area contributed by atoms with Crippen LogP contribution in [0.4, 0.5) is 0 Å². The Morgan fingerprint density at radius 3 is 2.53 bits per heavy atom. The van der Waals surface area contributed by atoms with Gasteiger partial charge in [0.15, 0.2) is 0 Å². The second-order valence-electron chi connectivity index (χ2n) is 4.52. The highest BCUT2D eigenvalue weighted by Gasteiger charge is 2.19. The number of nitrogens with two attached hydrogens (primary N) is 1. The Hall–Kier alpha value is -1.55. The average Bonchev–Trinajstić information content (AvgIpc) is 2.74. The van der Waals surface area contributed by atoms with E-state index in [0.29, 0.717) is 0 Å². The molecule has 0 amide bonds. The van der Waals surface area contributed by atoms with Crippen molar-refractivity contribution >= 4 is 0 Å². The van der Waals surface area contributed by atoms with Gasteiger partial charge in [0, 0.05) is 37.5 Å². The molecule has 4 heteroatoms. The van der Waals surface area contributed by atoms with E-state index in [1.165, 1.54) is 0 Å². The van der Waals surface area contributed by atoms with Gasteiger partial charge in [0.2, 0.25) is 0 Å². The number of nitrogens with zero attached hydrogens (tertiary/aromatic N) is 2.